The van der Waals surface area contributed by atoms with Gasteiger partial charge in [0, 0.05) is 30.8 Å². The van der Waals surface area contributed by atoms with Gasteiger partial charge < -0.3 is 18.8 Å². The molecular formula is C29H34FN3O4Si-. The first kappa shape index (κ1) is 27.3. The summed E-state index contributed by atoms with van der Waals surface area (Å²) in [6.07, 6.45) is 2.97. The van der Waals surface area contributed by atoms with Crippen LogP contribution in [-0.2, 0) is 11.5 Å². The van der Waals surface area contributed by atoms with Gasteiger partial charge in [-0.2, -0.15) is 19.6 Å². The Labute approximate surface area is 223 Å². The van der Waals surface area contributed by atoms with Gasteiger partial charge in [0.25, 0.3) is 0 Å². The Morgan fingerprint density at radius 3 is 2.53 bits per heavy atom. The lowest BCUT2D eigenvalue weighted by atomic mass is 10.0. The van der Waals surface area contributed by atoms with Crippen molar-refractivity contribution in [2.45, 2.75) is 52.2 Å². The highest BCUT2D eigenvalue weighted by Crippen LogP contribution is 2.37. The van der Waals surface area contributed by atoms with Gasteiger partial charge in [-0.15, -0.1) is 14.1 Å². The molecule has 0 aliphatic heterocycles. The number of benzene rings is 2. The van der Waals surface area contributed by atoms with E-state index in [9.17, 15) is 4.79 Å². The van der Waals surface area contributed by atoms with Crippen molar-refractivity contribution in [3.05, 3.63) is 78.4 Å². The van der Waals surface area contributed by atoms with Crippen molar-refractivity contribution in [2.24, 2.45) is 0 Å². The zero-order valence-corrected chi connectivity index (χ0v) is 23.5. The van der Waals surface area contributed by atoms with Crippen LogP contribution >= 0.6 is 0 Å². The van der Waals surface area contributed by atoms with Crippen LogP contribution in [0.3, 0.4) is 0 Å². The summed E-state index contributed by atoms with van der Waals surface area (Å²) in [5, 5.41) is 3.35. The van der Waals surface area contributed by atoms with E-state index in [0.717, 1.165) is 22.6 Å². The predicted octanol–water partition coefficient (Wildman–Crippen LogP) is 8.01. The molecule has 9 heteroatoms. The molecule has 1 N–H and O–H groups in total. The topological polar surface area (TPSA) is 74.6 Å². The number of pyridine rings is 1. The van der Waals surface area contributed by atoms with Crippen molar-refractivity contribution in [3.63, 3.8) is 0 Å². The summed E-state index contributed by atoms with van der Waals surface area (Å²) >= 11 is 0. The molecule has 7 nitrogen and oxygen atoms in total. The molecule has 1 amide bonds. The van der Waals surface area contributed by atoms with E-state index >= 15 is 4.39 Å². The number of carbonyl (C=O) groups is 1. The molecule has 0 aliphatic rings. The molecule has 0 atom stereocenters. The van der Waals surface area contributed by atoms with Gasteiger partial charge in [-0.05, 0) is 41.8 Å². The van der Waals surface area contributed by atoms with E-state index in [-0.39, 0.29) is 17.4 Å². The summed E-state index contributed by atoms with van der Waals surface area (Å²) in [5.74, 6) is 0.504. The molecule has 2 heterocycles. The molecule has 0 unspecified atom stereocenters. The van der Waals surface area contributed by atoms with E-state index < -0.39 is 20.0 Å². The number of aromatic nitrogens is 2. The average Bonchev–Trinajstić information content (AvgIpc) is 3.23. The second-order valence-corrected chi connectivity index (χ2v) is 16.3. The van der Waals surface area contributed by atoms with Crippen molar-refractivity contribution in [2.75, 3.05) is 11.9 Å². The Morgan fingerprint density at radius 2 is 1.84 bits per heavy atom. The van der Waals surface area contributed by atoms with Gasteiger partial charge in [-0.3, -0.25) is 5.32 Å². The van der Waals surface area contributed by atoms with Crippen LogP contribution in [0.15, 0.2) is 67.0 Å². The van der Waals surface area contributed by atoms with Crippen molar-refractivity contribution in [1.29, 1.82) is 0 Å². The Kier molecular flexibility index (Phi) is 8.48. The van der Waals surface area contributed by atoms with E-state index in [4.69, 9.17) is 14.2 Å². The quantitative estimate of drug-likeness (QED) is 0.164. The third-order valence-electron chi connectivity index (χ3n) is 5.95. The number of para-hydroxylation sites is 1. The molecule has 0 radical (unpaired) electrons. The number of rotatable bonds is 10. The van der Waals surface area contributed by atoms with E-state index in [0.29, 0.717) is 24.8 Å². The lowest BCUT2D eigenvalue weighted by molar-refractivity contribution is 0.0898. The number of ether oxygens (including phenoxy) is 3. The first-order valence-electron chi connectivity index (χ1n) is 12.7. The lowest BCUT2D eigenvalue weighted by Crippen LogP contribution is -2.22. The molecule has 0 saturated carbocycles. The van der Waals surface area contributed by atoms with E-state index in [1.54, 1.807) is 42.6 Å². The molecule has 0 aliphatic carbocycles. The number of nitrogens with one attached hydrogen (secondary N) is 1. The Hall–Kier alpha value is -3.69. The highest BCUT2D eigenvalue weighted by molar-refractivity contribution is 6.76. The average molecular weight is 536 g/mol. The largest absolute Gasteiger partial charge is 0.453 e. The van der Waals surface area contributed by atoms with Crippen molar-refractivity contribution in [3.8, 4) is 17.2 Å². The predicted molar refractivity (Wildman–Crippen MR) is 150 cm³/mol. The summed E-state index contributed by atoms with van der Waals surface area (Å²) in [4.78, 5) is 16.7. The van der Waals surface area contributed by atoms with E-state index in [1.807, 2.05) is 16.8 Å². The summed E-state index contributed by atoms with van der Waals surface area (Å²) in [6, 6.07) is 15.7. The van der Waals surface area contributed by atoms with Gasteiger partial charge in [0.05, 0.1) is 5.39 Å². The molecular weight excluding hydrogens is 501 g/mol. The zero-order chi connectivity index (χ0) is 27.3. The van der Waals surface area contributed by atoms with Crippen LogP contribution in [0, 0.1) is 5.82 Å². The van der Waals surface area contributed by atoms with Crippen LogP contribution in [0.25, 0.3) is 11.0 Å². The highest BCUT2D eigenvalue weighted by atomic mass is 28.3. The minimum absolute atomic E-state index is 0.0355. The number of anilines is 1. The van der Waals surface area contributed by atoms with Crippen LogP contribution in [0.1, 0.15) is 25.3 Å². The van der Waals surface area contributed by atoms with Gasteiger partial charge in [0.2, 0.25) is 0 Å². The SMILES string of the molecule is CC(C)c1cn(COCC[Si-](C)(C)C)c2nccc(Oc3ccc(NC(=O)Oc4ccccc4)cc3F)c12. The van der Waals surface area contributed by atoms with Crippen LogP contribution < -0.4 is 14.8 Å². The zero-order valence-electron chi connectivity index (χ0n) is 22.5. The highest BCUT2D eigenvalue weighted by Gasteiger charge is 2.19. The first-order chi connectivity index (χ1) is 18.1. The minimum Gasteiger partial charge on any atom is -0.453 e. The smallest absolute Gasteiger partial charge is 0.417 e. The van der Waals surface area contributed by atoms with Gasteiger partial charge in [0.1, 0.15) is 23.9 Å². The van der Waals surface area contributed by atoms with E-state index in [2.05, 4.69) is 43.8 Å². The Balaban J connectivity index is 1.51. The molecule has 4 aromatic rings. The number of nitrogens with zero attached hydrogens (tertiary/aromatic N) is 2. The number of amides is 1. The minimum atomic E-state index is -1.19. The molecule has 2 aromatic carbocycles. The number of carbonyl (C=O) groups excluding carboxylic acids is 1. The molecule has 201 valence electrons. The number of halogens is 1. The second-order valence-electron chi connectivity index (χ2n) is 10.6. The third-order valence-corrected chi connectivity index (χ3v) is 7.65. The second kappa shape index (κ2) is 11.8. The van der Waals surface area contributed by atoms with Crippen LogP contribution in [0.5, 0.6) is 17.2 Å². The maximum atomic E-state index is 15.0. The van der Waals surface area contributed by atoms with Crippen LogP contribution in [-0.4, -0.2) is 30.3 Å². The fourth-order valence-corrected chi connectivity index (χ4v) is 4.65. The van der Waals surface area contributed by atoms with Gasteiger partial charge >= 0.3 is 6.09 Å². The monoisotopic (exact) mass is 535 g/mol. The normalized spacial score (nSPS) is 11.7. The van der Waals surface area contributed by atoms with Gasteiger partial charge in [-0.1, -0.05) is 32.0 Å². The van der Waals surface area contributed by atoms with Crippen molar-refractivity contribution >= 4 is 30.9 Å². The lowest BCUT2D eigenvalue weighted by Gasteiger charge is -2.26. The first-order valence-corrected chi connectivity index (χ1v) is 16.4. The summed E-state index contributed by atoms with van der Waals surface area (Å²) in [5.41, 5.74) is 2.01. The van der Waals surface area contributed by atoms with E-state index in [1.165, 1.54) is 12.1 Å². The summed E-state index contributed by atoms with van der Waals surface area (Å²) < 4.78 is 34.2. The standard InChI is InChI=1S/C29H34FN3O4Si/c1-20(2)23-18-33(19-35-15-16-38(3,4)5)28-27(23)26(13-14-31-28)37-25-12-11-21(17-24(25)30)32-29(34)36-22-9-7-6-8-10-22/h6-14,17-18,20H,15-16,19H2,1-5H3,(H,32,34)/q-1. The summed E-state index contributed by atoms with van der Waals surface area (Å²) in [6.45, 7) is 12.2. The third kappa shape index (κ3) is 6.99. The number of hydrogen-bond donors (Lipinski definition) is 1. The fraction of sp³-hybridized carbons (Fsp3) is 0.310. The van der Waals surface area contributed by atoms with Crippen molar-refractivity contribution in [1.82, 2.24) is 9.55 Å². The Morgan fingerprint density at radius 1 is 1.08 bits per heavy atom. The Bertz CT molecular complexity index is 1400. The summed E-state index contributed by atoms with van der Waals surface area (Å²) in [7, 11) is -1.19. The van der Waals surface area contributed by atoms with Gasteiger partial charge in [0.15, 0.2) is 11.6 Å². The van der Waals surface area contributed by atoms with Gasteiger partial charge in [-0.25, -0.2) is 14.2 Å². The number of hydrogen-bond acceptors (Lipinski definition) is 5. The van der Waals surface area contributed by atoms with Crippen molar-refractivity contribution < 1.29 is 23.4 Å². The molecule has 0 spiro atoms. The molecule has 0 bridgehead atoms. The fourth-order valence-electron chi connectivity index (χ4n) is 3.90. The maximum Gasteiger partial charge on any atom is 0.417 e. The molecule has 38 heavy (non-hydrogen) atoms. The molecule has 2 aromatic heterocycles. The maximum absolute atomic E-state index is 15.0. The van der Waals surface area contributed by atoms with Crippen LogP contribution in [0.4, 0.5) is 14.9 Å². The molecule has 0 saturated heterocycles. The molecule has 0 fully saturated rings. The number of fused-ring (bicyclic) bond motifs is 1. The van der Waals surface area contributed by atoms with Crippen LogP contribution in [0.2, 0.25) is 25.7 Å². The molecule has 4 rings (SSSR count).